The Morgan fingerprint density at radius 1 is 1.06 bits per heavy atom. The summed E-state index contributed by atoms with van der Waals surface area (Å²) in [7, 11) is 1.99. The standard InChI is InChI=1S/C14H12N3O/c1-16-9-6-11-10-13(2-3-14(11)16)17(18)12-4-7-15-8-5-12/h2-10H,1H3/q-1. The number of hydrogen-bond donors (Lipinski definition) is 0. The van der Waals surface area contributed by atoms with Crippen molar-refractivity contribution in [3.8, 4) is 0 Å². The van der Waals surface area contributed by atoms with Crippen LogP contribution in [0, 0.1) is 5.21 Å². The van der Waals surface area contributed by atoms with Gasteiger partial charge in [0.2, 0.25) is 0 Å². The second-order valence-corrected chi connectivity index (χ2v) is 4.17. The molecule has 0 saturated heterocycles. The van der Waals surface area contributed by atoms with Gasteiger partial charge in [-0.2, -0.15) is 0 Å². The number of anilines is 2. The first-order chi connectivity index (χ1) is 8.75. The average Bonchev–Trinajstić information content (AvgIpc) is 2.80. The van der Waals surface area contributed by atoms with Gasteiger partial charge < -0.3 is 14.8 Å². The minimum Gasteiger partial charge on any atom is -0.754 e. The molecule has 0 fully saturated rings. The van der Waals surface area contributed by atoms with Crippen LogP contribution in [0.3, 0.4) is 0 Å². The van der Waals surface area contributed by atoms with Gasteiger partial charge in [-0.3, -0.25) is 4.98 Å². The Balaban J connectivity index is 2.04. The molecule has 0 aliphatic carbocycles. The van der Waals surface area contributed by atoms with Crippen LogP contribution in [-0.2, 0) is 7.05 Å². The highest BCUT2D eigenvalue weighted by Gasteiger charge is 2.02. The van der Waals surface area contributed by atoms with E-state index in [-0.39, 0.29) is 0 Å². The zero-order valence-electron chi connectivity index (χ0n) is 9.95. The van der Waals surface area contributed by atoms with E-state index >= 15 is 0 Å². The van der Waals surface area contributed by atoms with Gasteiger partial charge in [0, 0.05) is 47.9 Å². The fourth-order valence-corrected chi connectivity index (χ4v) is 2.02. The van der Waals surface area contributed by atoms with E-state index < -0.39 is 0 Å². The molecule has 3 rings (SSSR count). The van der Waals surface area contributed by atoms with Gasteiger partial charge in [0.25, 0.3) is 0 Å². The van der Waals surface area contributed by atoms with Crippen LogP contribution in [0.1, 0.15) is 0 Å². The van der Waals surface area contributed by atoms with Crippen LogP contribution in [0.25, 0.3) is 10.9 Å². The zero-order chi connectivity index (χ0) is 12.5. The van der Waals surface area contributed by atoms with Gasteiger partial charge in [0.1, 0.15) is 0 Å². The number of benzene rings is 1. The Morgan fingerprint density at radius 3 is 2.61 bits per heavy atom. The monoisotopic (exact) mass is 238 g/mol. The summed E-state index contributed by atoms with van der Waals surface area (Å²) < 4.78 is 2.03. The van der Waals surface area contributed by atoms with Crippen molar-refractivity contribution in [1.29, 1.82) is 0 Å². The minimum absolute atomic E-state index is 0.584. The van der Waals surface area contributed by atoms with Crippen LogP contribution in [0.5, 0.6) is 0 Å². The van der Waals surface area contributed by atoms with Crippen LogP contribution < -0.4 is 5.06 Å². The van der Waals surface area contributed by atoms with Gasteiger partial charge in [0.15, 0.2) is 0 Å². The van der Waals surface area contributed by atoms with Gasteiger partial charge in [-0.05, 0) is 36.4 Å². The number of pyridine rings is 1. The van der Waals surface area contributed by atoms with Gasteiger partial charge in [-0.1, -0.05) is 0 Å². The summed E-state index contributed by atoms with van der Waals surface area (Å²) in [5.41, 5.74) is 2.32. The van der Waals surface area contributed by atoms with Crippen molar-refractivity contribution < 1.29 is 0 Å². The largest absolute Gasteiger partial charge is 0.754 e. The maximum absolute atomic E-state index is 12.2. The summed E-state index contributed by atoms with van der Waals surface area (Å²) in [6.07, 6.45) is 5.21. The minimum atomic E-state index is 0.584. The molecule has 0 amide bonds. The van der Waals surface area contributed by atoms with Crippen molar-refractivity contribution in [3.63, 3.8) is 0 Å². The molecule has 4 heteroatoms. The summed E-state index contributed by atoms with van der Waals surface area (Å²) in [6, 6.07) is 11.1. The lowest BCUT2D eigenvalue weighted by Crippen LogP contribution is -2.06. The normalized spacial score (nSPS) is 10.8. The Kier molecular flexibility index (Phi) is 2.50. The van der Waals surface area contributed by atoms with E-state index in [2.05, 4.69) is 4.98 Å². The molecule has 0 bridgehead atoms. The molecule has 1 aromatic carbocycles. The average molecular weight is 238 g/mol. The highest BCUT2D eigenvalue weighted by atomic mass is 16.5. The number of fused-ring (bicyclic) bond motifs is 1. The van der Waals surface area contributed by atoms with E-state index in [9.17, 15) is 5.21 Å². The molecule has 0 saturated carbocycles. The molecule has 2 heterocycles. The first-order valence-electron chi connectivity index (χ1n) is 5.68. The molecule has 4 nitrogen and oxygen atoms in total. The number of aryl methyl sites for hydroxylation is 1. The summed E-state index contributed by atoms with van der Waals surface area (Å²) >= 11 is 0. The Labute approximate surface area is 105 Å². The van der Waals surface area contributed by atoms with Crippen LogP contribution in [0.2, 0.25) is 0 Å². The fraction of sp³-hybridized carbons (Fsp3) is 0.0714. The lowest BCUT2D eigenvalue weighted by atomic mass is 10.2. The molecule has 0 radical (unpaired) electrons. The molecule has 2 aromatic heterocycles. The van der Waals surface area contributed by atoms with Crippen LogP contribution in [0.4, 0.5) is 11.4 Å². The highest BCUT2D eigenvalue weighted by Crippen LogP contribution is 2.27. The van der Waals surface area contributed by atoms with E-state index in [0.29, 0.717) is 11.4 Å². The summed E-state index contributed by atoms with van der Waals surface area (Å²) in [5, 5.41) is 14.1. The molecule has 18 heavy (non-hydrogen) atoms. The van der Waals surface area contributed by atoms with Gasteiger partial charge in [-0.15, -0.1) is 0 Å². The van der Waals surface area contributed by atoms with Crippen molar-refractivity contribution in [1.82, 2.24) is 9.55 Å². The van der Waals surface area contributed by atoms with Crippen LogP contribution in [0.15, 0.2) is 55.0 Å². The van der Waals surface area contributed by atoms with Crippen LogP contribution in [-0.4, -0.2) is 9.55 Å². The summed E-state index contributed by atoms with van der Waals surface area (Å²) in [4.78, 5) is 3.91. The number of hydrogen-bond acceptors (Lipinski definition) is 3. The molecule has 0 spiro atoms. The molecule has 0 atom stereocenters. The molecular weight excluding hydrogens is 226 g/mol. The van der Waals surface area contributed by atoms with E-state index in [1.165, 1.54) is 0 Å². The molecule has 3 aromatic rings. The summed E-state index contributed by atoms with van der Waals surface area (Å²) in [6.45, 7) is 0. The first kappa shape index (κ1) is 10.8. The number of rotatable bonds is 2. The zero-order valence-corrected chi connectivity index (χ0v) is 9.95. The molecule has 0 unspecified atom stereocenters. The van der Waals surface area contributed by atoms with Crippen molar-refractivity contribution in [2.45, 2.75) is 0 Å². The third kappa shape index (κ3) is 1.72. The number of nitrogens with zero attached hydrogens (tertiary/aromatic N) is 3. The molecule has 90 valence electrons. The second-order valence-electron chi connectivity index (χ2n) is 4.17. The highest BCUT2D eigenvalue weighted by molar-refractivity contribution is 5.85. The Bertz CT molecular complexity index is 676. The van der Waals surface area contributed by atoms with E-state index in [1.807, 2.05) is 42.1 Å². The SMILES string of the molecule is Cn1ccc2cc(N([O-])c3ccncc3)ccc21. The van der Waals surface area contributed by atoms with Crippen molar-refractivity contribution in [2.75, 3.05) is 5.06 Å². The molecular formula is C14H12N3O-. The maximum Gasteiger partial charge on any atom is 0.0479 e. The third-order valence-electron chi connectivity index (χ3n) is 3.00. The van der Waals surface area contributed by atoms with Gasteiger partial charge in [0.05, 0.1) is 0 Å². The van der Waals surface area contributed by atoms with Crippen molar-refractivity contribution in [3.05, 3.63) is 60.2 Å². The number of aromatic nitrogens is 2. The lowest BCUT2D eigenvalue weighted by molar-refractivity contribution is 0.969. The van der Waals surface area contributed by atoms with E-state index in [0.717, 1.165) is 16.0 Å². The first-order valence-corrected chi connectivity index (χ1v) is 5.68. The maximum atomic E-state index is 12.2. The predicted octanol–water partition coefficient (Wildman–Crippen LogP) is 3.21. The lowest BCUT2D eigenvalue weighted by Gasteiger charge is -2.30. The summed E-state index contributed by atoms with van der Waals surface area (Å²) in [5.74, 6) is 0. The van der Waals surface area contributed by atoms with Crippen molar-refractivity contribution in [2.24, 2.45) is 7.05 Å². The molecule has 0 N–H and O–H groups in total. The fourth-order valence-electron chi connectivity index (χ4n) is 2.02. The van der Waals surface area contributed by atoms with Gasteiger partial charge in [-0.25, -0.2) is 0 Å². The Hall–Kier alpha value is -2.33. The quantitative estimate of drug-likeness (QED) is 0.644. The topological polar surface area (TPSA) is 44.1 Å². The van der Waals surface area contributed by atoms with E-state index in [4.69, 9.17) is 0 Å². The third-order valence-corrected chi connectivity index (χ3v) is 3.00. The molecule has 0 aliphatic rings. The smallest absolute Gasteiger partial charge is 0.0479 e. The van der Waals surface area contributed by atoms with Gasteiger partial charge >= 0.3 is 0 Å². The predicted molar refractivity (Wildman–Crippen MR) is 72.7 cm³/mol. The second kappa shape index (κ2) is 4.16. The Morgan fingerprint density at radius 2 is 1.83 bits per heavy atom. The molecule has 0 aliphatic heterocycles. The van der Waals surface area contributed by atoms with Crippen molar-refractivity contribution >= 4 is 22.3 Å². The van der Waals surface area contributed by atoms with Crippen LogP contribution >= 0.6 is 0 Å². The van der Waals surface area contributed by atoms with E-state index in [1.54, 1.807) is 24.5 Å².